The van der Waals surface area contributed by atoms with E-state index in [2.05, 4.69) is 22.4 Å². The Morgan fingerprint density at radius 3 is 0.941 bits per heavy atom. The maximum Gasteiger partial charge on any atom is 0.503 e. The highest BCUT2D eigenvalue weighted by molar-refractivity contribution is 5.75. The van der Waals surface area contributed by atoms with Crippen molar-refractivity contribution in [3.8, 4) is 0 Å². The molecular weight excluding hydrogens is 242 g/mol. The Hall–Kier alpha value is -3.12. The first-order chi connectivity index (χ1) is 7.47. The van der Waals surface area contributed by atoms with Crippen LogP contribution in [0.2, 0.25) is 0 Å². The van der Waals surface area contributed by atoms with Crippen molar-refractivity contribution in [3.63, 3.8) is 0 Å². The third-order valence-electron chi connectivity index (χ3n) is 0.149. The maximum absolute atomic E-state index is 8.56. The van der Waals surface area contributed by atoms with E-state index in [1.807, 2.05) is 0 Å². The molecule has 15 N–H and O–H groups in total. The van der Waals surface area contributed by atoms with Crippen molar-refractivity contribution in [3.05, 3.63) is 0 Å². The third kappa shape index (κ3) is 1220. The fourth-order valence-corrected chi connectivity index (χ4v) is 0. The Morgan fingerprint density at radius 2 is 0.941 bits per heavy atom. The van der Waals surface area contributed by atoms with Gasteiger partial charge in [0.15, 0.2) is 5.96 Å². The highest BCUT2D eigenvalue weighted by Crippen LogP contribution is 1.43. The first kappa shape index (κ1) is 23.6. The summed E-state index contributed by atoms with van der Waals surface area (Å²) in [7, 11) is 0. The molecule has 0 spiro atoms. The van der Waals surface area contributed by atoms with Crippen LogP contribution in [0.5, 0.6) is 0 Å². The molecule has 0 aromatic carbocycles. The molecule has 0 aromatic heterocycles. The highest BCUT2D eigenvalue weighted by atomic mass is 16.6. The SMILES string of the molecule is N=C(N)N.NN=C(N)N.O=C(O)O.O=C(O)O. The first-order valence-corrected chi connectivity index (χ1v) is 3.19. The van der Waals surface area contributed by atoms with E-state index in [-0.39, 0.29) is 11.9 Å². The number of hydrazone groups is 1. The molecule has 17 heavy (non-hydrogen) atoms. The van der Waals surface area contributed by atoms with Gasteiger partial charge in [0.2, 0.25) is 5.96 Å². The van der Waals surface area contributed by atoms with E-state index < -0.39 is 12.3 Å². The number of rotatable bonds is 0. The van der Waals surface area contributed by atoms with Crippen LogP contribution in [-0.4, -0.2) is 44.7 Å². The molecule has 13 nitrogen and oxygen atoms in total. The van der Waals surface area contributed by atoms with Crippen LogP contribution in [0.15, 0.2) is 5.10 Å². The van der Waals surface area contributed by atoms with Gasteiger partial charge in [-0.3, -0.25) is 5.41 Å². The number of hydrogen-bond acceptors (Lipinski definition) is 5. The van der Waals surface area contributed by atoms with Gasteiger partial charge in [-0.25, -0.2) is 9.59 Å². The molecule has 0 aliphatic carbocycles. The van der Waals surface area contributed by atoms with Crippen molar-refractivity contribution in [2.24, 2.45) is 33.9 Å². The second-order valence-electron chi connectivity index (χ2n) is 1.57. The molecule has 0 unspecified atom stereocenters. The van der Waals surface area contributed by atoms with E-state index in [0.29, 0.717) is 0 Å². The Balaban J connectivity index is -0.0000000667. The van der Waals surface area contributed by atoms with Crippen LogP contribution in [0.25, 0.3) is 0 Å². The lowest BCUT2D eigenvalue weighted by Gasteiger charge is -1.76. The minimum absolute atomic E-state index is 0.0926. The van der Waals surface area contributed by atoms with Crippen molar-refractivity contribution in [1.29, 1.82) is 5.41 Å². The van der Waals surface area contributed by atoms with Crippen molar-refractivity contribution in [2.75, 3.05) is 0 Å². The number of guanidine groups is 2. The Kier molecular flexibility index (Phi) is 25.8. The van der Waals surface area contributed by atoms with Crippen molar-refractivity contribution in [1.82, 2.24) is 0 Å². The molecule has 102 valence electrons. The molecule has 0 amide bonds. The summed E-state index contributed by atoms with van der Waals surface area (Å²) in [6, 6.07) is 0. The lowest BCUT2D eigenvalue weighted by atomic mass is 11.1. The molecule has 0 saturated carbocycles. The van der Waals surface area contributed by atoms with Crippen LogP contribution in [0, 0.1) is 5.41 Å². The second-order valence-corrected chi connectivity index (χ2v) is 1.57. The van der Waals surface area contributed by atoms with Gasteiger partial charge in [-0.2, -0.15) is 0 Å². The van der Waals surface area contributed by atoms with Gasteiger partial charge in [-0.15, -0.1) is 5.10 Å². The van der Waals surface area contributed by atoms with Gasteiger partial charge in [0.05, 0.1) is 0 Å². The zero-order valence-corrected chi connectivity index (χ0v) is 8.44. The van der Waals surface area contributed by atoms with Gasteiger partial charge in [0.1, 0.15) is 0 Å². The minimum Gasteiger partial charge on any atom is -0.450 e. The number of nitrogens with two attached hydrogens (primary N) is 5. The summed E-state index contributed by atoms with van der Waals surface area (Å²) in [4.78, 5) is 17.1. The maximum atomic E-state index is 8.56. The molecule has 0 radical (unpaired) electrons. The highest BCUT2D eigenvalue weighted by Gasteiger charge is 1.70. The van der Waals surface area contributed by atoms with E-state index in [4.69, 9.17) is 46.9 Å². The van der Waals surface area contributed by atoms with Crippen molar-refractivity contribution >= 4 is 24.2 Å². The Labute approximate surface area is 94.6 Å². The van der Waals surface area contributed by atoms with Crippen LogP contribution in [0.1, 0.15) is 0 Å². The van der Waals surface area contributed by atoms with Crippen molar-refractivity contribution in [2.45, 2.75) is 0 Å². The zero-order chi connectivity index (χ0) is 15.0. The average molecular weight is 257 g/mol. The van der Waals surface area contributed by atoms with E-state index in [1.54, 1.807) is 0 Å². The number of carboxylic acid groups (broad SMARTS) is 4. The smallest absolute Gasteiger partial charge is 0.450 e. The van der Waals surface area contributed by atoms with Crippen LogP contribution >= 0.6 is 0 Å². The molecular formula is C4H15N7O6. The lowest BCUT2D eigenvalue weighted by Crippen LogP contribution is -2.23. The third-order valence-corrected chi connectivity index (χ3v) is 0.149. The van der Waals surface area contributed by atoms with Crippen molar-refractivity contribution < 1.29 is 30.0 Å². The summed E-state index contributed by atoms with van der Waals surface area (Å²) >= 11 is 0. The lowest BCUT2D eigenvalue weighted by molar-refractivity contribution is 0.135. The van der Waals surface area contributed by atoms with Gasteiger partial charge >= 0.3 is 12.3 Å². The zero-order valence-electron chi connectivity index (χ0n) is 8.44. The summed E-state index contributed by atoms with van der Waals surface area (Å²) < 4.78 is 0. The average Bonchev–Trinajstić information content (AvgIpc) is 2.00. The summed E-state index contributed by atoms with van der Waals surface area (Å²) in [5.41, 5.74) is 18.3. The quantitative estimate of drug-likeness (QED) is 0.0928. The molecule has 0 atom stereocenters. The largest absolute Gasteiger partial charge is 0.503 e. The van der Waals surface area contributed by atoms with E-state index in [9.17, 15) is 0 Å². The fourth-order valence-electron chi connectivity index (χ4n) is 0. The van der Waals surface area contributed by atoms with Gasteiger partial charge in [-0.05, 0) is 0 Å². The van der Waals surface area contributed by atoms with Crippen LogP contribution in [0.4, 0.5) is 9.59 Å². The normalized spacial score (nSPS) is 6.12. The summed E-state index contributed by atoms with van der Waals surface area (Å²) in [5, 5.41) is 36.8. The van der Waals surface area contributed by atoms with E-state index >= 15 is 0 Å². The predicted molar refractivity (Wildman–Crippen MR) is 57.4 cm³/mol. The first-order valence-electron chi connectivity index (χ1n) is 3.19. The van der Waals surface area contributed by atoms with Gasteiger partial charge in [-0.1, -0.05) is 0 Å². The number of hydrogen-bond donors (Lipinski definition) is 10. The van der Waals surface area contributed by atoms with Gasteiger partial charge in [0, 0.05) is 0 Å². The van der Waals surface area contributed by atoms with Gasteiger partial charge < -0.3 is 49.2 Å². The van der Waals surface area contributed by atoms with Crippen LogP contribution in [-0.2, 0) is 0 Å². The van der Waals surface area contributed by atoms with Crippen LogP contribution < -0.4 is 28.8 Å². The molecule has 0 heterocycles. The fraction of sp³-hybridized carbons (Fsp3) is 0. The molecule has 0 aliphatic rings. The number of carbonyl (C=O) groups is 2. The molecule has 0 fully saturated rings. The molecule has 13 heteroatoms. The van der Waals surface area contributed by atoms with E-state index in [1.165, 1.54) is 0 Å². The summed E-state index contributed by atoms with van der Waals surface area (Å²) in [6.45, 7) is 0. The standard InChI is InChI=1S/CH6N4.CH5N3.2CH2O3/c2-1(3)5-4;3*2-1(3)4/h4H2,(H4,2,3,5);(H5,2,3,4);2*(H2,2,3,4). The number of nitrogens with zero attached hydrogens (tertiary/aromatic N) is 1. The molecule has 0 saturated heterocycles. The Morgan fingerprint density at radius 1 is 0.882 bits per heavy atom. The molecule has 0 aliphatic heterocycles. The number of nitrogens with one attached hydrogen (secondary N) is 1. The molecule has 0 bridgehead atoms. The molecule has 0 rings (SSSR count). The predicted octanol–water partition coefficient (Wildman–Crippen LogP) is -2.58. The van der Waals surface area contributed by atoms with Crippen LogP contribution in [0.3, 0.4) is 0 Å². The second kappa shape index (κ2) is 18.6. The summed E-state index contributed by atoms with van der Waals surface area (Å²) in [5.74, 6) is 4.08. The topological polar surface area (TPSA) is 281 Å². The summed E-state index contributed by atoms with van der Waals surface area (Å²) in [6.07, 6.45) is -3.67. The Bertz CT molecular complexity index is 208. The van der Waals surface area contributed by atoms with E-state index in [0.717, 1.165) is 0 Å². The molecule has 0 aromatic rings. The van der Waals surface area contributed by atoms with Gasteiger partial charge in [0.25, 0.3) is 0 Å². The monoisotopic (exact) mass is 257 g/mol. The minimum atomic E-state index is -1.83.